The first-order valence-corrected chi connectivity index (χ1v) is 4.25. The number of esters is 1. The number of carbonyl (C=O) groups is 2. The van der Waals surface area contributed by atoms with Gasteiger partial charge in [-0.25, -0.2) is 4.79 Å². The number of rotatable bonds is 4. The minimum Gasteiger partial charge on any atom is -0.427 e. The third-order valence-electron chi connectivity index (χ3n) is 1.59. The van der Waals surface area contributed by atoms with Crippen molar-refractivity contribution in [2.24, 2.45) is 11.7 Å². The molecule has 0 aromatic heterocycles. The van der Waals surface area contributed by atoms with Crippen LogP contribution in [0.2, 0.25) is 0 Å². The fraction of sp³-hybridized carbons (Fsp3) is 0.750. The summed E-state index contributed by atoms with van der Waals surface area (Å²) in [5, 5.41) is 2.21. The summed E-state index contributed by atoms with van der Waals surface area (Å²) in [4.78, 5) is 21.6. The lowest BCUT2D eigenvalue weighted by Crippen LogP contribution is -2.37. The van der Waals surface area contributed by atoms with Crippen LogP contribution in [0.4, 0.5) is 4.79 Å². The monoisotopic (exact) mass is 204 g/mol. The summed E-state index contributed by atoms with van der Waals surface area (Å²) in [7, 11) is 1.41. The van der Waals surface area contributed by atoms with Crippen molar-refractivity contribution in [3.63, 3.8) is 0 Å². The zero-order chi connectivity index (χ0) is 11.1. The molecule has 14 heavy (non-hydrogen) atoms. The second-order valence-electron chi connectivity index (χ2n) is 3.03. The van der Waals surface area contributed by atoms with Crippen LogP contribution >= 0.6 is 0 Å². The van der Waals surface area contributed by atoms with Crippen LogP contribution in [0.15, 0.2) is 0 Å². The summed E-state index contributed by atoms with van der Waals surface area (Å²) in [6.07, 6.45) is -0.657. The number of nitrogens with two attached hydrogens (primary N) is 1. The van der Waals surface area contributed by atoms with E-state index in [4.69, 9.17) is 5.73 Å². The van der Waals surface area contributed by atoms with E-state index in [1.54, 1.807) is 13.8 Å². The maximum Gasteiger partial charge on any atom is 0.409 e. The van der Waals surface area contributed by atoms with Gasteiger partial charge in [0.05, 0.1) is 0 Å². The smallest absolute Gasteiger partial charge is 0.409 e. The van der Waals surface area contributed by atoms with Crippen molar-refractivity contribution in [3.05, 3.63) is 0 Å². The molecule has 6 nitrogen and oxygen atoms in total. The summed E-state index contributed by atoms with van der Waals surface area (Å²) in [6, 6.07) is -0.691. The summed E-state index contributed by atoms with van der Waals surface area (Å²) in [5.41, 5.74) is 5.48. The number of carbonyl (C=O) groups excluding carboxylic acids is 2. The second kappa shape index (κ2) is 6.20. The van der Waals surface area contributed by atoms with Crippen LogP contribution in [0.25, 0.3) is 0 Å². The van der Waals surface area contributed by atoms with Crippen LogP contribution < -0.4 is 11.1 Å². The molecule has 0 heterocycles. The molecule has 0 fully saturated rings. The summed E-state index contributed by atoms with van der Waals surface area (Å²) in [6.45, 7) is 3.18. The molecule has 0 bridgehead atoms. The van der Waals surface area contributed by atoms with Crippen LogP contribution in [0.3, 0.4) is 0 Å². The maximum atomic E-state index is 11.1. The molecule has 6 heteroatoms. The minimum absolute atomic E-state index is 0.0116. The van der Waals surface area contributed by atoms with Gasteiger partial charge in [0.25, 0.3) is 0 Å². The predicted molar refractivity (Wildman–Crippen MR) is 49.3 cm³/mol. The Hall–Kier alpha value is -1.30. The molecule has 1 atom stereocenters. The van der Waals surface area contributed by atoms with Crippen molar-refractivity contribution >= 4 is 12.1 Å². The van der Waals surface area contributed by atoms with Crippen molar-refractivity contribution in [1.82, 2.24) is 5.32 Å². The highest BCUT2D eigenvalue weighted by molar-refractivity contribution is 5.75. The van der Waals surface area contributed by atoms with Crippen LogP contribution in [0.1, 0.15) is 13.8 Å². The van der Waals surface area contributed by atoms with Crippen molar-refractivity contribution < 1.29 is 19.1 Å². The minimum atomic E-state index is -0.691. The van der Waals surface area contributed by atoms with E-state index in [1.807, 2.05) is 0 Å². The van der Waals surface area contributed by atoms with E-state index >= 15 is 0 Å². The van der Waals surface area contributed by atoms with E-state index in [-0.39, 0.29) is 5.92 Å². The average molecular weight is 204 g/mol. The highest BCUT2D eigenvalue weighted by Gasteiger charge is 2.18. The average Bonchev–Trinajstić information content (AvgIpc) is 2.15. The first-order valence-electron chi connectivity index (χ1n) is 4.25. The molecule has 1 amide bonds. The van der Waals surface area contributed by atoms with Gasteiger partial charge in [-0.05, 0) is 5.92 Å². The van der Waals surface area contributed by atoms with Gasteiger partial charge in [-0.15, -0.1) is 0 Å². The SMILES string of the molecule is CNC(=O)OCOC(=O)[C@@H](N)C(C)C. The van der Waals surface area contributed by atoms with E-state index < -0.39 is 24.9 Å². The number of alkyl carbamates (subject to hydrolysis) is 1. The number of ether oxygens (including phenoxy) is 2. The van der Waals surface area contributed by atoms with Crippen molar-refractivity contribution in [1.29, 1.82) is 0 Å². The van der Waals surface area contributed by atoms with Gasteiger partial charge in [0, 0.05) is 7.05 Å². The summed E-state index contributed by atoms with van der Waals surface area (Å²) < 4.78 is 9.03. The molecular formula is C8H16N2O4. The molecule has 0 aliphatic rings. The molecule has 0 aliphatic carbocycles. The highest BCUT2D eigenvalue weighted by Crippen LogP contribution is 2.00. The quantitative estimate of drug-likeness (QED) is 0.490. The molecular weight excluding hydrogens is 188 g/mol. The van der Waals surface area contributed by atoms with E-state index in [9.17, 15) is 9.59 Å². The van der Waals surface area contributed by atoms with Gasteiger partial charge in [0.2, 0.25) is 6.79 Å². The molecule has 0 aromatic rings. The third-order valence-corrected chi connectivity index (χ3v) is 1.59. The fourth-order valence-electron chi connectivity index (χ4n) is 0.582. The molecule has 0 saturated carbocycles. The van der Waals surface area contributed by atoms with Crippen LogP contribution in [0, 0.1) is 5.92 Å². The Kier molecular flexibility index (Phi) is 5.62. The predicted octanol–water partition coefficient (Wildman–Crippen LogP) is -0.174. The standard InChI is InChI=1S/C8H16N2O4/c1-5(2)6(9)7(11)13-4-14-8(12)10-3/h5-6H,4,9H2,1-3H3,(H,10,12)/t6-/m0/s1. The molecule has 0 spiro atoms. The molecule has 0 radical (unpaired) electrons. The summed E-state index contributed by atoms with van der Waals surface area (Å²) in [5.74, 6) is -0.591. The lowest BCUT2D eigenvalue weighted by Gasteiger charge is -2.14. The van der Waals surface area contributed by atoms with Gasteiger partial charge in [0.1, 0.15) is 6.04 Å². The molecule has 0 unspecified atom stereocenters. The Labute approximate surface area is 82.7 Å². The summed E-state index contributed by atoms with van der Waals surface area (Å²) >= 11 is 0. The Morgan fingerprint density at radius 3 is 2.36 bits per heavy atom. The normalized spacial score (nSPS) is 12.1. The second-order valence-corrected chi connectivity index (χ2v) is 3.03. The topological polar surface area (TPSA) is 90.6 Å². The molecule has 0 saturated heterocycles. The van der Waals surface area contributed by atoms with Crippen LogP contribution in [0.5, 0.6) is 0 Å². The van der Waals surface area contributed by atoms with Gasteiger partial charge in [-0.2, -0.15) is 0 Å². The number of nitrogens with one attached hydrogen (secondary N) is 1. The lowest BCUT2D eigenvalue weighted by molar-refractivity contribution is -0.154. The van der Waals surface area contributed by atoms with E-state index in [2.05, 4.69) is 14.8 Å². The Morgan fingerprint density at radius 2 is 1.93 bits per heavy atom. The van der Waals surface area contributed by atoms with Gasteiger partial charge in [0.15, 0.2) is 0 Å². The van der Waals surface area contributed by atoms with Crippen LogP contribution in [-0.4, -0.2) is 31.9 Å². The van der Waals surface area contributed by atoms with Crippen molar-refractivity contribution in [2.75, 3.05) is 13.8 Å². The Morgan fingerprint density at radius 1 is 1.36 bits per heavy atom. The highest BCUT2D eigenvalue weighted by atomic mass is 16.7. The van der Waals surface area contributed by atoms with E-state index in [0.29, 0.717) is 0 Å². The Bertz CT molecular complexity index is 206. The third kappa shape index (κ3) is 4.66. The number of amides is 1. The lowest BCUT2D eigenvalue weighted by atomic mass is 10.1. The molecule has 0 rings (SSSR count). The zero-order valence-corrected chi connectivity index (χ0v) is 8.57. The zero-order valence-electron chi connectivity index (χ0n) is 8.57. The molecule has 0 aromatic carbocycles. The first-order chi connectivity index (χ1) is 6.49. The first kappa shape index (κ1) is 12.7. The van der Waals surface area contributed by atoms with Gasteiger partial charge >= 0.3 is 12.1 Å². The number of hydrogen-bond donors (Lipinski definition) is 2. The molecule has 82 valence electrons. The van der Waals surface area contributed by atoms with E-state index in [1.165, 1.54) is 7.05 Å². The fourth-order valence-corrected chi connectivity index (χ4v) is 0.582. The van der Waals surface area contributed by atoms with Gasteiger partial charge < -0.3 is 20.5 Å². The molecule has 0 aliphatic heterocycles. The van der Waals surface area contributed by atoms with Gasteiger partial charge in [-0.1, -0.05) is 13.8 Å². The number of hydrogen-bond acceptors (Lipinski definition) is 5. The maximum absolute atomic E-state index is 11.1. The Balaban J connectivity index is 3.69. The van der Waals surface area contributed by atoms with Crippen LogP contribution in [-0.2, 0) is 14.3 Å². The van der Waals surface area contributed by atoms with Gasteiger partial charge in [-0.3, -0.25) is 4.79 Å². The van der Waals surface area contributed by atoms with E-state index in [0.717, 1.165) is 0 Å². The molecule has 3 N–H and O–H groups in total. The van der Waals surface area contributed by atoms with Crippen molar-refractivity contribution in [2.45, 2.75) is 19.9 Å². The largest absolute Gasteiger partial charge is 0.427 e. The van der Waals surface area contributed by atoms with Crippen molar-refractivity contribution in [3.8, 4) is 0 Å².